The molecule has 0 saturated heterocycles. The molecule has 0 amide bonds. The minimum atomic E-state index is -0.393. The van der Waals surface area contributed by atoms with Crippen molar-refractivity contribution in [2.24, 2.45) is 0 Å². The lowest BCUT2D eigenvalue weighted by Crippen LogP contribution is -2.02. The summed E-state index contributed by atoms with van der Waals surface area (Å²) < 4.78 is 19.0. The van der Waals surface area contributed by atoms with Crippen LogP contribution < -0.4 is 5.32 Å². The van der Waals surface area contributed by atoms with Gasteiger partial charge in [-0.3, -0.25) is 0 Å². The molecule has 0 aliphatic carbocycles. The summed E-state index contributed by atoms with van der Waals surface area (Å²) in [6.45, 7) is 0.415. The normalized spacial score (nSPS) is 10.3. The summed E-state index contributed by atoms with van der Waals surface area (Å²) in [4.78, 5) is 3.90. The maximum atomic E-state index is 13.3. The fraction of sp³-hybridized carbons (Fsp3) is 0.100. The van der Waals surface area contributed by atoms with Gasteiger partial charge in [-0.2, -0.15) is 0 Å². The Morgan fingerprint density at radius 1 is 1.53 bits per heavy atom. The highest BCUT2D eigenvalue weighted by molar-refractivity contribution is 9.10. The molecule has 3 nitrogen and oxygen atoms in total. The highest BCUT2D eigenvalue weighted by Gasteiger charge is 2.04. The number of pyridine rings is 1. The molecule has 78 valence electrons. The number of rotatable bonds is 3. The first-order chi connectivity index (χ1) is 7.25. The summed E-state index contributed by atoms with van der Waals surface area (Å²) in [6, 6.07) is 4.95. The predicted molar refractivity (Wildman–Crippen MR) is 57.9 cm³/mol. The second-order valence-corrected chi connectivity index (χ2v) is 3.83. The average molecular weight is 271 g/mol. The smallest absolute Gasteiger partial charge is 0.166 e. The van der Waals surface area contributed by atoms with E-state index in [-0.39, 0.29) is 5.82 Å². The zero-order valence-corrected chi connectivity index (χ0v) is 9.29. The molecular formula is C10H8BrFN2O. The molecule has 2 aromatic rings. The molecule has 15 heavy (non-hydrogen) atoms. The number of nitrogens with zero attached hydrogens (tertiary/aromatic N) is 1. The van der Waals surface area contributed by atoms with E-state index in [2.05, 4.69) is 26.2 Å². The first kappa shape index (κ1) is 10.2. The summed E-state index contributed by atoms with van der Waals surface area (Å²) in [6.07, 6.45) is 3.11. The summed E-state index contributed by atoms with van der Waals surface area (Å²) in [5.41, 5.74) is 0. The van der Waals surface area contributed by atoms with E-state index in [4.69, 9.17) is 4.42 Å². The van der Waals surface area contributed by atoms with Gasteiger partial charge >= 0.3 is 0 Å². The maximum absolute atomic E-state index is 13.3. The van der Waals surface area contributed by atoms with E-state index < -0.39 is 5.82 Å². The van der Waals surface area contributed by atoms with Crippen LogP contribution in [0.5, 0.6) is 0 Å². The number of hydrogen-bond acceptors (Lipinski definition) is 3. The molecule has 0 aliphatic rings. The zero-order valence-electron chi connectivity index (χ0n) is 7.71. The van der Waals surface area contributed by atoms with Gasteiger partial charge in [0.25, 0.3) is 0 Å². The van der Waals surface area contributed by atoms with Gasteiger partial charge < -0.3 is 9.73 Å². The third-order valence-electron chi connectivity index (χ3n) is 1.82. The van der Waals surface area contributed by atoms with Crippen molar-refractivity contribution in [2.75, 3.05) is 5.32 Å². The van der Waals surface area contributed by atoms with Crippen LogP contribution in [0.3, 0.4) is 0 Å². The summed E-state index contributed by atoms with van der Waals surface area (Å²) in [5, 5.41) is 2.84. The lowest BCUT2D eigenvalue weighted by Gasteiger charge is -2.04. The average Bonchev–Trinajstić information content (AvgIpc) is 2.69. The highest BCUT2D eigenvalue weighted by atomic mass is 79.9. The Morgan fingerprint density at radius 3 is 3.07 bits per heavy atom. The van der Waals surface area contributed by atoms with E-state index >= 15 is 0 Å². The summed E-state index contributed by atoms with van der Waals surface area (Å²) in [5.74, 6) is 0.560. The van der Waals surface area contributed by atoms with Crippen molar-refractivity contribution in [2.45, 2.75) is 6.54 Å². The van der Waals surface area contributed by atoms with E-state index in [0.717, 1.165) is 5.76 Å². The van der Waals surface area contributed by atoms with Crippen molar-refractivity contribution in [3.8, 4) is 0 Å². The molecule has 2 rings (SSSR count). The topological polar surface area (TPSA) is 38.1 Å². The Hall–Kier alpha value is -1.36. The minimum absolute atomic E-state index is 0.217. The SMILES string of the molecule is Fc1cc(Br)cnc1NCc1ccco1. The van der Waals surface area contributed by atoms with E-state index in [1.54, 1.807) is 12.3 Å². The van der Waals surface area contributed by atoms with Crippen molar-refractivity contribution in [1.82, 2.24) is 4.98 Å². The molecule has 0 radical (unpaired) electrons. The third kappa shape index (κ3) is 2.56. The van der Waals surface area contributed by atoms with Crippen LogP contribution in [0.1, 0.15) is 5.76 Å². The molecule has 0 bridgehead atoms. The van der Waals surface area contributed by atoms with Crippen molar-refractivity contribution in [3.05, 3.63) is 46.7 Å². The predicted octanol–water partition coefficient (Wildman–Crippen LogP) is 3.19. The largest absolute Gasteiger partial charge is 0.467 e. The molecule has 0 saturated carbocycles. The standard InChI is InChI=1S/C10H8BrFN2O/c11-7-4-9(12)10(13-5-7)14-6-8-2-1-3-15-8/h1-5H,6H2,(H,13,14). The van der Waals surface area contributed by atoms with Gasteiger partial charge in [-0.25, -0.2) is 9.37 Å². The minimum Gasteiger partial charge on any atom is -0.467 e. The maximum Gasteiger partial charge on any atom is 0.166 e. The third-order valence-corrected chi connectivity index (χ3v) is 2.25. The molecule has 5 heteroatoms. The van der Waals surface area contributed by atoms with Crippen LogP contribution in [0.2, 0.25) is 0 Å². The number of nitrogens with one attached hydrogen (secondary N) is 1. The van der Waals surface area contributed by atoms with E-state index in [1.165, 1.54) is 12.3 Å². The van der Waals surface area contributed by atoms with Crippen molar-refractivity contribution < 1.29 is 8.81 Å². The Bertz CT molecular complexity index is 445. The van der Waals surface area contributed by atoms with Crippen LogP contribution in [0.15, 0.2) is 39.5 Å². The Balaban J connectivity index is 2.05. The van der Waals surface area contributed by atoms with Crippen LogP contribution in [0, 0.1) is 5.82 Å². The fourth-order valence-corrected chi connectivity index (χ4v) is 1.43. The molecule has 2 heterocycles. The quantitative estimate of drug-likeness (QED) is 0.931. The molecular weight excluding hydrogens is 263 g/mol. The first-order valence-electron chi connectivity index (χ1n) is 4.33. The van der Waals surface area contributed by atoms with E-state index in [0.29, 0.717) is 11.0 Å². The molecule has 1 N–H and O–H groups in total. The van der Waals surface area contributed by atoms with Gasteiger partial charge in [-0.05, 0) is 34.1 Å². The number of halogens is 2. The van der Waals surface area contributed by atoms with Crippen LogP contribution in [0.4, 0.5) is 10.2 Å². The summed E-state index contributed by atoms with van der Waals surface area (Å²) >= 11 is 3.14. The van der Waals surface area contributed by atoms with Crippen molar-refractivity contribution in [1.29, 1.82) is 0 Å². The van der Waals surface area contributed by atoms with Crippen molar-refractivity contribution in [3.63, 3.8) is 0 Å². The monoisotopic (exact) mass is 270 g/mol. The first-order valence-corrected chi connectivity index (χ1v) is 5.12. The zero-order chi connectivity index (χ0) is 10.7. The van der Waals surface area contributed by atoms with Gasteiger partial charge in [0.05, 0.1) is 12.8 Å². The Labute approximate surface area is 94.5 Å². The van der Waals surface area contributed by atoms with Gasteiger partial charge in [0.2, 0.25) is 0 Å². The molecule has 2 aromatic heterocycles. The molecule has 0 atom stereocenters. The van der Waals surface area contributed by atoms with Crippen molar-refractivity contribution >= 4 is 21.7 Å². The molecule has 0 unspecified atom stereocenters. The van der Waals surface area contributed by atoms with Gasteiger partial charge in [-0.15, -0.1) is 0 Å². The highest BCUT2D eigenvalue weighted by Crippen LogP contribution is 2.16. The van der Waals surface area contributed by atoms with Gasteiger partial charge in [-0.1, -0.05) is 0 Å². The number of anilines is 1. The molecule has 0 fully saturated rings. The number of hydrogen-bond donors (Lipinski definition) is 1. The van der Waals surface area contributed by atoms with Crippen LogP contribution in [-0.4, -0.2) is 4.98 Å². The molecule has 0 spiro atoms. The van der Waals surface area contributed by atoms with E-state index in [1.807, 2.05) is 6.07 Å². The fourth-order valence-electron chi connectivity index (χ4n) is 1.13. The van der Waals surface area contributed by atoms with Gasteiger partial charge in [0.1, 0.15) is 5.76 Å². The van der Waals surface area contributed by atoms with Crippen LogP contribution >= 0.6 is 15.9 Å². The molecule has 0 aromatic carbocycles. The van der Waals surface area contributed by atoms with Gasteiger partial charge in [0, 0.05) is 10.7 Å². The van der Waals surface area contributed by atoms with Gasteiger partial charge in [0.15, 0.2) is 11.6 Å². The van der Waals surface area contributed by atoms with Crippen LogP contribution in [-0.2, 0) is 6.54 Å². The Morgan fingerprint density at radius 2 is 2.40 bits per heavy atom. The molecule has 0 aliphatic heterocycles. The number of furan rings is 1. The second kappa shape index (κ2) is 4.44. The summed E-state index contributed by atoms with van der Waals surface area (Å²) in [7, 11) is 0. The second-order valence-electron chi connectivity index (χ2n) is 2.92. The van der Waals surface area contributed by atoms with Crippen LogP contribution in [0.25, 0.3) is 0 Å². The Kier molecular flexibility index (Phi) is 3.01. The lowest BCUT2D eigenvalue weighted by molar-refractivity contribution is 0.517. The number of aromatic nitrogens is 1. The lowest BCUT2D eigenvalue weighted by atomic mass is 10.4. The van der Waals surface area contributed by atoms with E-state index in [9.17, 15) is 4.39 Å².